The molecule has 0 aliphatic heterocycles. The maximum absolute atomic E-state index is 11.5. The molecule has 1 fully saturated rings. The maximum atomic E-state index is 11.5. The number of hydrogen-bond acceptors (Lipinski definition) is 3. The van der Waals surface area contributed by atoms with E-state index in [1.807, 2.05) is 6.92 Å². The molecule has 3 rings (SSSR count). The van der Waals surface area contributed by atoms with Gasteiger partial charge in [-0.25, -0.2) is 0 Å². The van der Waals surface area contributed by atoms with Crippen LogP contribution in [0.3, 0.4) is 0 Å². The van der Waals surface area contributed by atoms with Crippen LogP contribution >= 0.6 is 0 Å². The van der Waals surface area contributed by atoms with Gasteiger partial charge in [0.05, 0.1) is 0 Å². The van der Waals surface area contributed by atoms with Gasteiger partial charge in [-0.1, -0.05) is 32.3 Å². The third kappa shape index (κ3) is 6.08. The monoisotopic (exact) mass is 370 g/mol. The number of carbonyl (C=O) groups excluding carboxylic acids is 1. The van der Waals surface area contributed by atoms with Crippen LogP contribution < -0.4 is 16.0 Å². The van der Waals surface area contributed by atoms with E-state index in [0.29, 0.717) is 13.0 Å². The van der Waals surface area contributed by atoms with Gasteiger partial charge in [0.2, 0.25) is 5.91 Å². The molecule has 5 heteroatoms. The molecule has 2 aromatic rings. The highest BCUT2D eigenvalue weighted by Crippen LogP contribution is 2.20. The Morgan fingerprint density at radius 2 is 2.00 bits per heavy atom. The van der Waals surface area contributed by atoms with Crippen LogP contribution in [0.15, 0.2) is 24.4 Å². The van der Waals surface area contributed by atoms with Crippen LogP contribution in [0.2, 0.25) is 0 Å². The highest BCUT2D eigenvalue weighted by atomic mass is 16.1. The lowest BCUT2D eigenvalue weighted by molar-refractivity contribution is -0.120. The number of benzene rings is 1. The molecule has 1 saturated carbocycles. The summed E-state index contributed by atoms with van der Waals surface area (Å²) in [4.78, 5) is 14.8. The summed E-state index contributed by atoms with van der Waals surface area (Å²) in [6.07, 6.45) is 10.7. The van der Waals surface area contributed by atoms with Gasteiger partial charge in [0.15, 0.2) is 0 Å². The van der Waals surface area contributed by atoms with Crippen molar-refractivity contribution in [3.05, 3.63) is 35.5 Å². The summed E-state index contributed by atoms with van der Waals surface area (Å²) in [6, 6.07) is 7.10. The number of H-pyrrole nitrogens is 1. The number of fused-ring (bicyclic) bond motifs is 1. The van der Waals surface area contributed by atoms with E-state index in [1.54, 1.807) is 0 Å². The molecule has 0 bridgehead atoms. The van der Waals surface area contributed by atoms with Crippen LogP contribution in [-0.4, -0.2) is 30.0 Å². The first-order chi connectivity index (χ1) is 13.3. The van der Waals surface area contributed by atoms with E-state index in [-0.39, 0.29) is 5.91 Å². The molecule has 5 nitrogen and oxygen atoms in total. The molecular formula is C22H34N4O. The lowest BCUT2D eigenvalue weighted by Crippen LogP contribution is -2.33. The largest absolute Gasteiger partial charge is 0.361 e. The fourth-order valence-corrected chi connectivity index (χ4v) is 3.86. The van der Waals surface area contributed by atoms with Gasteiger partial charge in [-0.3, -0.25) is 4.79 Å². The van der Waals surface area contributed by atoms with Gasteiger partial charge >= 0.3 is 0 Å². The van der Waals surface area contributed by atoms with Gasteiger partial charge < -0.3 is 20.9 Å². The van der Waals surface area contributed by atoms with Crippen LogP contribution in [0.25, 0.3) is 10.9 Å². The van der Waals surface area contributed by atoms with Gasteiger partial charge in [-0.2, -0.15) is 0 Å². The summed E-state index contributed by atoms with van der Waals surface area (Å²) in [6.45, 7) is 5.46. The van der Waals surface area contributed by atoms with Crippen LogP contribution in [0, 0.1) is 0 Å². The number of nitrogens with one attached hydrogen (secondary N) is 4. The van der Waals surface area contributed by atoms with Crippen LogP contribution in [0.4, 0.5) is 0 Å². The third-order valence-corrected chi connectivity index (χ3v) is 5.53. The van der Waals surface area contributed by atoms with Crippen molar-refractivity contribution in [2.45, 2.75) is 71.0 Å². The van der Waals surface area contributed by atoms with Crippen molar-refractivity contribution in [1.82, 2.24) is 20.9 Å². The summed E-state index contributed by atoms with van der Waals surface area (Å²) in [7, 11) is 0. The Morgan fingerprint density at radius 3 is 2.81 bits per heavy atom. The highest BCUT2D eigenvalue weighted by molar-refractivity contribution is 5.84. The van der Waals surface area contributed by atoms with Crippen molar-refractivity contribution in [2.24, 2.45) is 0 Å². The average Bonchev–Trinajstić information content (AvgIpc) is 3.11. The van der Waals surface area contributed by atoms with Crippen molar-refractivity contribution < 1.29 is 4.79 Å². The number of amides is 1. The Labute approximate surface area is 162 Å². The first-order valence-corrected chi connectivity index (χ1v) is 10.6. The number of carbonyl (C=O) groups is 1. The molecule has 1 aromatic carbocycles. The summed E-state index contributed by atoms with van der Waals surface area (Å²) in [5.74, 6) is 0.0906. The minimum atomic E-state index is 0.0906. The maximum Gasteiger partial charge on any atom is 0.219 e. The van der Waals surface area contributed by atoms with Crippen molar-refractivity contribution in [3.63, 3.8) is 0 Å². The summed E-state index contributed by atoms with van der Waals surface area (Å²) in [5, 5.41) is 11.5. The molecule has 0 saturated heterocycles. The van der Waals surface area contributed by atoms with Crippen LogP contribution in [-0.2, 0) is 17.9 Å². The Morgan fingerprint density at radius 1 is 1.15 bits per heavy atom. The molecule has 1 heterocycles. The van der Waals surface area contributed by atoms with E-state index in [2.05, 4.69) is 45.3 Å². The summed E-state index contributed by atoms with van der Waals surface area (Å²) >= 11 is 0. The van der Waals surface area contributed by atoms with E-state index >= 15 is 0 Å². The Bertz CT molecular complexity index is 718. The van der Waals surface area contributed by atoms with Gasteiger partial charge in [-0.05, 0) is 55.6 Å². The predicted octanol–water partition coefficient (Wildman–Crippen LogP) is 3.60. The molecule has 1 aliphatic rings. The Kier molecular flexibility index (Phi) is 7.72. The second-order valence-electron chi connectivity index (χ2n) is 7.64. The summed E-state index contributed by atoms with van der Waals surface area (Å²) in [5.41, 5.74) is 3.58. The van der Waals surface area contributed by atoms with E-state index in [9.17, 15) is 4.79 Å². The Balaban J connectivity index is 1.41. The molecular weight excluding hydrogens is 336 g/mol. The molecule has 1 aliphatic carbocycles. The number of aromatic nitrogens is 1. The molecule has 148 valence electrons. The van der Waals surface area contributed by atoms with Crippen LogP contribution in [0.5, 0.6) is 0 Å². The quantitative estimate of drug-likeness (QED) is 0.483. The fraction of sp³-hybridized carbons (Fsp3) is 0.591. The second-order valence-corrected chi connectivity index (χ2v) is 7.64. The van der Waals surface area contributed by atoms with Crippen molar-refractivity contribution in [2.75, 3.05) is 13.1 Å². The fourth-order valence-electron chi connectivity index (χ4n) is 3.86. The standard InChI is InChI=1S/C22H34N4O/c1-2-22(27)26-14-17-9-10-21-20(13-17)18(16-25-21)15-23-11-6-12-24-19-7-4-3-5-8-19/h9-10,13,16,19,23-25H,2-8,11-12,14-15H2,1H3,(H,26,27). The lowest BCUT2D eigenvalue weighted by atomic mass is 9.95. The second kappa shape index (κ2) is 10.5. The van der Waals surface area contributed by atoms with Crippen molar-refractivity contribution in [1.29, 1.82) is 0 Å². The van der Waals surface area contributed by atoms with E-state index in [1.165, 1.54) is 43.1 Å². The van der Waals surface area contributed by atoms with Gasteiger partial charge in [-0.15, -0.1) is 0 Å². The van der Waals surface area contributed by atoms with Crippen LogP contribution in [0.1, 0.15) is 63.0 Å². The van der Waals surface area contributed by atoms with Crippen molar-refractivity contribution in [3.8, 4) is 0 Å². The van der Waals surface area contributed by atoms with E-state index < -0.39 is 0 Å². The van der Waals surface area contributed by atoms with Gasteiger partial charge in [0.25, 0.3) is 0 Å². The normalized spacial score (nSPS) is 15.3. The first-order valence-electron chi connectivity index (χ1n) is 10.6. The zero-order chi connectivity index (χ0) is 18.9. The molecule has 0 radical (unpaired) electrons. The summed E-state index contributed by atoms with van der Waals surface area (Å²) < 4.78 is 0. The third-order valence-electron chi connectivity index (χ3n) is 5.53. The SMILES string of the molecule is CCC(=O)NCc1ccc2[nH]cc(CNCCCNC3CCCCC3)c2c1. The zero-order valence-corrected chi connectivity index (χ0v) is 16.6. The molecule has 0 spiro atoms. The predicted molar refractivity (Wildman–Crippen MR) is 112 cm³/mol. The molecule has 0 unspecified atom stereocenters. The Hall–Kier alpha value is -1.85. The van der Waals surface area contributed by atoms with Gasteiger partial charge in [0, 0.05) is 42.7 Å². The molecule has 1 amide bonds. The minimum Gasteiger partial charge on any atom is -0.361 e. The average molecular weight is 371 g/mol. The first kappa shape index (κ1) is 19.9. The zero-order valence-electron chi connectivity index (χ0n) is 16.6. The smallest absolute Gasteiger partial charge is 0.219 e. The topological polar surface area (TPSA) is 69.0 Å². The van der Waals surface area contributed by atoms with Crippen molar-refractivity contribution >= 4 is 16.8 Å². The number of aromatic amines is 1. The number of hydrogen-bond donors (Lipinski definition) is 4. The van der Waals surface area contributed by atoms with E-state index in [0.717, 1.165) is 43.2 Å². The lowest BCUT2D eigenvalue weighted by Gasteiger charge is -2.22. The van der Waals surface area contributed by atoms with Gasteiger partial charge in [0.1, 0.15) is 0 Å². The molecule has 0 atom stereocenters. The molecule has 27 heavy (non-hydrogen) atoms. The highest BCUT2D eigenvalue weighted by Gasteiger charge is 2.11. The number of rotatable bonds is 10. The molecule has 1 aromatic heterocycles. The van der Waals surface area contributed by atoms with E-state index in [4.69, 9.17) is 0 Å². The molecule has 4 N–H and O–H groups in total. The minimum absolute atomic E-state index is 0.0906.